The van der Waals surface area contributed by atoms with E-state index in [9.17, 15) is 0 Å². The summed E-state index contributed by atoms with van der Waals surface area (Å²) in [5.41, 5.74) is 0. The predicted molar refractivity (Wildman–Crippen MR) is 101 cm³/mol. The highest BCUT2D eigenvalue weighted by atomic mass is 16.5. The van der Waals surface area contributed by atoms with Gasteiger partial charge in [0.15, 0.2) is 5.96 Å². The van der Waals surface area contributed by atoms with Crippen LogP contribution in [0.5, 0.6) is 0 Å². The van der Waals surface area contributed by atoms with E-state index < -0.39 is 0 Å². The number of piperazine rings is 1. The third kappa shape index (κ3) is 5.33. The second-order valence-electron chi connectivity index (χ2n) is 7.63. The molecule has 0 aliphatic carbocycles. The Morgan fingerprint density at radius 1 is 1.21 bits per heavy atom. The fourth-order valence-electron chi connectivity index (χ4n) is 3.86. The van der Waals surface area contributed by atoms with Crippen LogP contribution in [0.4, 0.5) is 0 Å². The van der Waals surface area contributed by atoms with Crippen molar-refractivity contribution in [2.24, 2.45) is 16.8 Å². The molecule has 0 aromatic heterocycles. The Morgan fingerprint density at radius 3 is 2.50 bits per heavy atom. The predicted octanol–water partition coefficient (Wildman–Crippen LogP) is 0.802. The summed E-state index contributed by atoms with van der Waals surface area (Å²) < 4.78 is 5.31. The zero-order valence-corrected chi connectivity index (χ0v) is 16.3. The second kappa shape index (κ2) is 9.59. The molecule has 0 amide bonds. The van der Waals surface area contributed by atoms with Crippen LogP contribution in [0, 0.1) is 11.8 Å². The maximum Gasteiger partial charge on any atom is 0.193 e. The smallest absolute Gasteiger partial charge is 0.193 e. The van der Waals surface area contributed by atoms with Crippen molar-refractivity contribution in [2.45, 2.75) is 26.3 Å². The number of hydrogen-bond acceptors (Lipinski definition) is 4. The van der Waals surface area contributed by atoms with Gasteiger partial charge in [0.05, 0.1) is 6.61 Å². The number of nitrogens with one attached hydrogen (secondary N) is 1. The van der Waals surface area contributed by atoms with Crippen molar-refractivity contribution in [3.63, 3.8) is 0 Å². The first kappa shape index (κ1) is 19.5. The lowest BCUT2D eigenvalue weighted by Crippen LogP contribution is -2.55. The Bertz CT molecular complexity index is 393. The van der Waals surface area contributed by atoms with Gasteiger partial charge < -0.3 is 19.9 Å². The average molecular weight is 340 g/mol. The van der Waals surface area contributed by atoms with Gasteiger partial charge in [-0.05, 0) is 19.4 Å². The quantitative estimate of drug-likeness (QED) is 0.573. The standard InChI is InChI=1S/C18H37N5O/c1-15(2)17(22-10-8-21(4)9-11-22)12-20-18(19-3)23-7-6-16(13-23)14-24-5/h15-17H,6-14H2,1-5H3,(H,19,20). The summed E-state index contributed by atoms with van der Waals surface area (Å²) in [5, 5.41) is 3.64. The molecule has 2 fully saturated rings. The summed E-state index contributed by atoms with van der Waals surface area (Å²) in [6.07, 6.45) is 1.20. The van der Waals surface area contributed by atoms with Gasteiger partial charge in [-0.2, -0.15) is 0 Å². The number of aliphatic imine (C=N–C) groups is 1. The highest BCUT2D eigenvalue weighted by Gasteiger charge is 2.28. The molecule has 0 aromatic carbocycles. The molecule has 6 heteroatoms. The summed E-state index contributed by atoms with van der Waals surface area (Å²) in [6, 6.07) is 0.563. The Labute approximate surface area is 148 Å². The van der Waals surface area contributed by atoms with Gasteiger partial charge in [-0.15, -0.1) is 0 Å². The van der Waals surface area contributed by atoms with Crippen molar-refractivity contribution >= 4 is 5.96 Å². The van der Waals surface area contributed by atoms with E-state index in [2.05, 4.69) is 45.9 Å². The largest absolute Gasteiger partial charge is 0.384 e. The molecule has 0 spiro atoms. The van der Waals surface area contributed by atoms with Crippen molar-refractivity contribution in [3.8, 4) is 0 Å². The molecule has 2 unspecified atom stereocenters. The monoisotopic (exact) mass is 339 g/mol. The normalized spacial score (nSPS) is 25.5. The fraction of sp³-hybridized carbons (Fsp3) is 0.944. The lowest BCUT2D eigenvalue weighted by Gasteiger charge is -2.40. The molecule has 0 saturated carbocycles. The van der Waals surface area contributed by atoms with Crippen LogP contribution in [0.1, 0.15) is 20.3 Å². The van der Waals surface area contributed by atoms with Gasteiger partial charge in [0.1, 0.15) is 0 Å². The summed E-state index contributed by atoms with van der Waals surface area (Å²) in [5.74, 6) is 2.32. The van der Waals surface area contributed by atoms with Gasteiger partial charge in [0, 0.05) is 71.9 Å². The lowest BCUT2D eigenvalue weighted by atomic mass is 10.0. The zero-order chi connectivity index (χ0) is 17.5. The third-order valence-electron chi connectivity index (χ3n) is 5.45. The Balaban J connectivity index is 1.86. The minimum Gasteiger partial charge on any atom is -0.384 e. The SMILES string of the molecule is CN=C(NCC(C(C)C)N1CCN(C)CC1)N1CCC(COC)C1. The maximum atomic E-state index is 5.31. The minimum absolute atomic E-state index is 0.563. The molecule has 1 N–H and O–H groups in total. The molecule has 2 atom stereocenters. The number of likely N-dealkylation sites (N-methyl/N-ethyl adjacent to an activating group) is 1. The Kier molecular flexibility index (Phi) is 7.78. The van der Waals surface area contributed by atoms with E-state index in [1.54, 1.807) is 7.11 Å². The molecular weight excluding hydrogens is 302 g/mol. The molecule has 0 radical (unpaired) electrons. The summed E-state index contributed by atoms with van der Waals surface area (Å²) in [4.78, 5) is 12.0. The number of guanidine groups is 1. The molecule has 24 heavy (non-hydrogen) atoms. The first-order valence-corrected chi connectivity index (χ1v) is 9.42. The van der Waals surface area contributed by atoms with Crippen molar-refractivity contribution in [1.29, 1.82) is 0 Å². The Morgan fingerprint density at radius 2 is 1.92 bits per heavy atom. The van der Waals surface area contributed by atoms with E-state index in [1.807, 2.05) is 7.05 Å². The molecule has 2 aliphatic rings. The van der Waals surface area contributed by atoms with Crippen LogP contribution in [0.15, 0.2) is 4.99 Å². The number of methoxy groups -OCH3 is 1. The molecule has 0 aromatic rings. The van der Waals surface area contributed by atoms with Crippen LogP contribution in [0.25, 0.3) is 0 Å². The van der Waals surface area contributed by atoms with E-state index >= 15 is 0 Å². The second-order valence-corrected chi connectivity index (χ2v) is 7.63. The van der Waals surface area contributed by atoms with E-state index in [4.69, 9.17) is 4.74 Å². The van der Waals surface area contributed by atoms with E-state index in [0.29, 0.717) is 17.9 Å². The van der Waals surface area contributed by atoms with Gasteiger partial charge in [0.25, 0.3) is 0 Å². The highest BCUT2D eigenvalue weighted by Crippen LogP contribution is 2.17. The van der Waals surface area contributed by atoms with Crippen LogP contribution >= 0.6 is 0 Å². The third-order valence-corrected chi connectivity index (χ3v) is 5.45. The lowest BCUT2D eigenvalue weighted by molar-refractivity contribution is 0.0896. The van der Waals surface area contributed by atoms with Crippen molar-refractivity contribution in [1.82, 2.24) is 20.0 Å². The van der Waals surface area contributed by atoms with E-state index in [-0.39, 0.29) is 0 Å². The summed E-state index contributed by atoms with van der Waals surface area (Å²) in [6.45, 7) is 13.3. The fourth-order valence-corrected chi connectivity index (χ4v) is 3.86. The molecule has 2 aliphatic heterocycles. The first-order chi connectivity index (χ1) is 11.5. The van der Waals surface area contributed by atoms with Crippen molar-refractivity contribution in [2.75, 3.05) is 73.6 Å². The van der Waals surface area contributed by atoms with Gasteiger partial charge in [0.2, 0.25) is 0 Å². The van der Waals surface area contributed by atoms with E-state index in [1.165, 1.54) is 32.6 Å². The molecule has 0 bridgehead atoms. The number of rotatable bonds is 6. The van der Waals surface area contributed by atoms with Crippen molar-refractivity contribution < 1.29 is 4.74 Å². The number of ether oxygens (including phenoxy) is 1. The number of likely N-dealkylation sites (tertiary alicyclic amines) is 1. The summed E-state index contributed by atoms with van der Waals surface area (Å²) in [7, 11) is 5.90. The minimum atomic E-state index is 0.563. The first-order valence-electron chi connectivity index (χ1n) is 9.42. The maximum absolute atomic E-state index is 5.31. The number of hydrogen-bond donors (Lipinski definition) is 1. The highest BCUT2D eigenvalue weighted by molar-refractivity contribution is 5.80. The van der Waals surface area contributed by atoms with Gasteiger partial charge >= 0.3 is 0 Å². The van der Waals surface area contributed by atoms with Crippen LogP contribution < -0.4 is 5.32 Å². The topological polar surface area (TPSA) is 43.3 Å². The van der Waals surface area contributed by atoms with Gasteiger partial charge in [-0.3, -0.25) is 9.89 Å². The molecule has 2 heterocycles. The van der Waals surface area contributed by atoms with Crippen LogP contribution in [-0.4, -0.2) is 100 Å². The molecular formula is C18H37N5O. The zero-order valence-electron chi connectivity index (χ0n) is 16.3. The van der Waals surface area contributed by atoms with Crippen molar-refractivity contribution in [3.05, 3.63) is 0 Å². The van der Waals surface area contributed by atoms with Gasteiger partial charge in [-0.25, -0.2) is 0 Å². The van der Waals surface area contributed by atoms with Crippen LogP contribution in [0.3, 0.4) is 0 Å². The van der Waals surface area contributed by atoms with E-state index in [0.717, 1.165) is 32.2 Å². The molecule has 2 saturated heterocycles. The average Bonchev–Trinajstić information content (AvgIpc) is 3.01. The summed E-state index contributed by atoms with van der Waals surface area (Å²) >= 11 is 0. The molecule has 2 rings (SSSR count). The van der Waals surface area contributed by atoms with Gasteiger partial charge in [-0.1, -0.05) is 13.8 Å². The van der Waals surface area contributed by atoms with Crippen LogP contribution in [0.2, 0.25) is 0 Å². The van der Waals surface area contributed by atoms with Crippen LogP contribution in [-0.2, 0) is 4.74 Å². The Hall–Kier alpha value is -0.850. The molecule has 6 nitrogen and oxygen atoms in total. The number of nitrogens with zero attached hydrogens (tertiary/aromatic N) is 4. The molecule has 140 valence electrons.